The lowest BCUT2D eigenvalue weighted by Crippen LogP contribution is -2.49. The topological polar surface area (TPSA) is 46.2 Å². The van der Waals surface area contributed by atoms with Crippen molar-refractivity contribution in [1.82, 2.24) is 0 Å². The van der Waals surface area contributed by atoms with Gasteiger partial charge in [0.15, 0.2) is 17.3 Å². The second-order valence-corrected chi connectivity index (χ2v) is 7.61. The number of ether oxygens (including phenoxy) is 5. The summed E-state index contributed by atoms with van der Waals surface area (Å²) in [5.74, 6) is 2.21. The summed E-state index contributed by atoms with van der Waals surface area (Å²) in [4.78, 5) is 0. The summed E-state index contributed by atoms with van der Waals surface area (Å²) in [6.45, 7) is 1.53. The monoisotopic (exact) mass is 370 g/mol. The van der Waals surface area contributed by atoms with Crippen LogP contribution in [-0.4, -0.2) is 40.3 Å². The zero-order valence-electron chi connectivity index (χ0n) is 16.2. The molecule has 2 atom stereocenters. The molecule has 2 unspecified atom stereocenters. The van der Waals surface area contributed by atoms with Gasteiger partial charge < -0.3 is 23.7 Å². The lowest BCUT2D eigenvalue weighted by molar-refractivity contribution is -0.257. The van der Waals surface area contributed by atoms with E-state index >= 15 is 0 Å². The number of rotatable bonds is 3. The molecule has 1 aromatic carbocycles. The van der Waals surface area contributed by atoms with Crippen molar-refractivity contribution in [2.24, 2.45) is 11.8 Å². The van der Waals surface area contributed by atoms with Gasteiger partial charge in [0.1, 0.15) is 0 Å². The van der Waals surface area contributed by atoms with Gasteiger partial charge in [-0.25, -0.2) is 0 Å². The van der Waals surface area contributed by atoms with E-state index in [1.54, 1.807) is 21.3 Å². The predicted octanol–water partition coefficient (Wildman–Crippen LogP) is 3.75. The van der Waals surface area contributed by atoms with E-state index in [2.05, 4.69) is 18.2 Å². The quantitative estimate of drug-likeness (QED) is 0.759. The standard InChI is InChI=1S/C22H26O5/c1-23-16-12-13-6-4-7-14-18(17(13)21(25-3)20(16)24-2)15-8-9-22(19(14)15)26-10-5-11-27-22/h8-9,12,15,19H,4-7,10-11H2,1-3H3. The molecule has 0 N–H and O–H groups in total. The largest absolute Gasteiger partial charge is 0.493 e. The molecule has 5 heteroatoms. The molecule has 5 rings (SSSR count). The Morgan fingerprint density at radius 2 is 1.74 bits per heavy atom. The summed E-state index contributed by atoms with van der Waals surface area (Å²) in [6, 6.07) is 2.11. The Balaban J connectivity index is 1.67. The summed E-state index contributed by atoms with van der Waals surface area (Å²) < 4.78 is 29.4. The number of fused-ring (bicyclic) bond motifs is 6. The van der Waals surface area contributed by atoms with Gasteiger partial charge in [0, 0.05) is 17.4 Å². The van der Waals surface area contributed by atoms with Crippen molar-refractivity contribution < 1.29 is 23.7 Å². The van der Waals surface area contributed by atoms with E-state index < -0.39 is 5.79 Å². The van der Waals surface area contributed by atoms with Crippen molar-refractivity contribution in [3.8, 4) is 17.2 Å². The van der Waals surface area contributed by atoms with Gasteiger partial charge in [0.2, 0.25) is 5.75 Å². The Hall–Kier alpha value is -1.98. The van der Waals surface area contributed by atoms with Crippen molar-refractivity contribution >= 4 is 5.57 Å². The zero-order chi connectivity index (χ0) is 18.6. The smallest absolute Gasteiger partial charge is 0.203 e. The third kappa shape index (κ3) is 2.25. The number of hydrogen-bond donors (Lipinski definition) is 0. The van der Waals surface area contributed by atoms with Gasteiger partial charge in [-0.2, -0.15) is 0 Å². The second kappa shape index (κ2) is 6.28. The maximum atomic E-state index is 6.16. The summed E-state index contributed by atoms with van der Waals surface area (Å²) in [7, 11) is 5.04. The first-order chi connectivity index (χ1) is 13.2. The molecule has 144 valence electrons. The van der Waals surface area contributed by atoms with Crippen LogP contribution in [0.3, 0.4) is 0 Å². The van der Waals surface area contributed by atoms with Crippen molar-refractivity contribution in [2.75, 3.05) is 34.5 Å². The van der Waals surface area contributed by atoms with E-state index in [1.807, 2.05) is 0 Å². The normalized spacial score (nSPS) is 27.4. The van der Waals surface area contributed by atoms with Crippen LogP contribution in [-0.2, 0) is 15.9 Å². The maximum absolute atomic E-state index is 6.16. The summed E-state index contributed by atoms with van der Waals surface area (Å²) >= 11 is 0. The van der Waals surface area contributed by atoms with Crippen molar-refractivity contribution in [2.45, 2.75) is 31.5 Å². The molecule has 5 nitrogen and oxygen atoms in total. The lowest BCUT2D eigenvalue weighted by Gasteiger charge is -2.47. The third-order valence-electron chi connectivity index (χ3n) is 6.40. The number of aryl methyl sites for hydroxylation is 1. The Morgan fingerprint density at radius 3 is 2.44 bits per heavy atom. The van der Waals surface area contributed by atoms with Crippen LogP contribution in [0.15, 0.2) is 23.8 Å². The third-order valence-corrected chi connectivity index (χ3v) is 6.40. The predicted molar refractivity (Wildman–Crippen MR) is 101 cm³/mol. The first kappa shape index (κ1) is 17.1. The molecule has 0 bridgehead atoms. The van der Waals surface area contributed by atoms with Gasteiger partial charge in [-0.05, 0) is 49.0 Å². The number of methoxy groups -OCH3 is 3. The summed E-state index contributed by atoms with van der Waals surface area (Å²) in [6.07, 6.45) is 8.53. The molecular formula is C22H26O5. The highest BCUT2D eigenvalue weighted by Crippen LogP contribution is 2.63. The van der Waals surface area contributed by atoms with E-state index in [0.717, 1.165) is 50.4 Å². The average molecular weight is 370 g/mol. The first-order valence-corrected chi connectivity index (χ1v) is 9.76. The van der Waals surface area contributed by atoms with Crippen LogP contribution in [0.25, 0.3) is 5.57 Å². The molecule has 1 aromatic rings. The molecule has 1 fully saturated rings. The van der Waals surface area contributed by atoms with E-state index in [1.165, 1.54) is 22.3 Å². The van der Waals surface area contributed by atoms with Crippen LogP contribution in [0.2, 0.25) is 0 Å². The van der Waals surface area contributed by atoms with Gasteiger partial charge in [0.05, 0.1) is 34.5 Å². The molecule has 0 saturated carbocycles. The molecule has 0 radical (unpaired) electrons. The minimum atomic E-state index is -0.559. The average Bonchev–Trinajstić information content (AvgIpc) is 2.89. The molecule has 4 aliphatic rings. The van der Waals surface area contributed by atoms with Gasteiger partial charge in [-0.3, -0.25) is 0 Å². The van der Waals surface area contributed by atoms with Crippen LogP contribution in [0.4, 0.5) is 0 Å². The Morgan fingerprint density at radius 1 is 0.963 bits per heavy atom. The summed E-state index contributed by atoms with van der Waals surface area (Å²) in [5.41, 5.74) is 5.28. The highest BCUT2D eigenvalue weighted by atomic mass is 16.7. The number of benzene rings is 1. The van der Waals surface area contributed by atoms with Gasteiger partial charge in [-0.1, -0.05) is 11.6 Å². The molecular weight excluding hydrogens is 344 g/mol. The minimum Gasteiger partial charge on any atom is -0.493 e. The molecule has 27 heavy (non-hydrogen) atoms. The van der Waals surface area contributed by atoms with Crippen LogP contribution >= 0.6 is 0 Å². The van der Waals surface area contributed by atoms with Crippen LogP contribution in [0.1, 0.15) is 30.4 Å². The van der Waals surface area contributed by atoms with Gasteiger partial charge in [-0.15, -0.1) is 0 Å². The highest BCUT2D eigenvalue weighted by molar-refractivity contribution is 5.87. The summed E-state index contributed by atoms with van der Waals surface area (Å²) in [5, 5.41) is 0. The van der Waals surface area contributed by atoms with Gasteiger partial charge >= 0.3 is 0 Å². The fourth-order valence-corrected chi connectivity index (χ4v) is 5.34. The van der Waals surface area contributed by atoms with Crippen LogP contribution in [0, 0.1) is 11.8 Å². The molecule has 1 spiro atoms. The molecule has 1 saturated heterocycles. The Labute approximate surface area is 159 Å². The van der Waals surface area contributed by atoms with E-state index in [4.69, 9.17) is 23.7 Å². The van der Waals surface area contributed by atoms with Crippen molar-refractivity contribution in [3.05, 3.63) is 34.9 Å². The Kier molecular flexibility index (Phi) is 3.99. The fraction of sp³-hybridized carbons (Fsp3) is 0.545. The van der Waals surface area contributed by atoms with E-state index in [-0.39, 0.29) is 5.92 Å². The highest BCUT2D eigenvalue weighted by Gasteiger charge is 2.58. The van der Waals surface area contributed by atoms with Crippen LogP contribution in [0.5, 0.6) is 17.2 Å². The molecule has 1 heterocycles. The zero-order valence-corrected chi connectivity index (χ0v) is 16.2. The minimum absolute atomic E-state index is 0.288. The SMILES string of the molecule is COc1cc2c(c(OC)c1OC)C1=C(CCC2)C2C1C=CC21OCCCO1. The lowest BCUT2D eigenvalue weighted by atomic mass is 9.64. The molecule has 0 aromatic heterocycles. The van der Waals surface area contributed by atoms with E-state index in [0.29, 0.717) is 11.7 Å². The van der Waals surface area contributed by atoms with Crippen LogP contribution < -0.4 is 14.2 Å². The van der Waals surface area contributed by atoms with Crippen molar-refractivity contribution in [3.63, 3.8) is 0 Å². The molecule has 1 aliphatic heterocycles. The number of allylic oxidation sites excluding steroid dienone is 2. The number of hydrogen-bond acceptors (Lipinski definition) is 5. The Bertz CT molecular complexity index is 832. The first-order valence-electron chi connectivity index (χ1n) is 9.76. The molecule has 3 aliphatic carbocycles. The fourth-order valence-electron chi connectivity index (χ4n) is 5.34. The van der Waals surface area contributed by atoms with Crippen molar-refractivity contribution in [1.29, 1.82) is 0 Å². The molecule has 0 amide bonds. The van der Waals surface area contributed by atoms with E-state index in [9.17, 15) is 0 Å². The maximum Gasteiger partial charge on any atom is 0.203 e. The van der Waals surface area contributed by atoms with Gasteiger partial charge in [0.25, 0.3) is 0 Å². The second-order valence-electron chi connectivity index (χ2n) is 7.61.